The third-order valence-electron chi connectivity index (χ3n) is 3.51. The van der Waals surface area contributed by atoms with Crippen LogP contribution in [-0.4, -0.2) is 24.5 Å². The monoisotopic (exact) mass is 329 g/mol. The maximum absolute atomic E-state index is 2.61. The summed E-state index contributed by atoms with van der Waals surface area (Å²) in [5.74, 6) is 0.939. The van der Waals surface area contributed by atoms with Gasteiger partial charge in [0.2, 0.25) is 0 Å². The maximum atomic E-state index is 2.61. The first kappa shape index (κ1) is 12.4. The molecule has 0 spiro atoms. The second kappa shape index (κ2) is 6.01. The van der Waals surface area contributed by atoms with Gasteiger partial charge in [0, 0.05) is 10.1 Å². The van der Waals surface area contributed by atoms with Crippen LogP contribution in [0.4, 0.5) is 0 Å². The Kier molecular flexibility index (Phi) is 4.65. The molecule has 2 rings (SSSR count). The molecule has 2 heteroatoms. The molecule has 1 aliphatic rings. The molecule has 0 bridgehead atoms. The quantitative estimate of drug-likeness (QED) is 0.767. The first-order valence-corrected chi connectivity index (χ1v) is 7.29. The van der Waals surface area contributed by atoms with Crippen molar-refractivity contribution in [3.63, 3.8) is 0 Å². The second-order valence-corrected chi connectivity index (χ2v) is 6.15. The van der Waals surface area contributed by atoms with Crippen molar-refractivity contribution in [3.8, 4) is 0 Å². The summed E-state index contributed by atoms with van der Waals surface area (Å²) in [4.78, 5) is 2.61. The second-order valence-electron chi connectivity index (χ2n) is 4.90. The number of hydrogen-bond donors (Lipinski definition) is 0. The first-order valence-electron chi connectivity index (χ1n) is 6.21. The van der Waals surface area contributed by atoms with Gasteiger partial charge in [-0.2, -0.15) is 0 Å². The van der Waals surface area contributed by atoms with Gasteiger partial charge in [-0.1, -0.05) is 19.1 Å². The highest BCUT2D eigenvalue weighted by Crippen LogP contribution is 2.16. The van der Waals surface area contributed by atoms with E-state index in [0.29, 0.717) is 0 Å². The molecule has 1 saturated heterocycles. The summed E-state index contributed by atoms with van der Waals surface area (Å²) in [6.07, 6.45) is 3.96. The largest absolute Gasteiger partial charge is 0.303 e. The zero-order valence-electron chi connectivity index (χ0n) is 9.95. The standard InChI is InChI=1S/C14H20IN/c1-12-6-9-16(10-7-12)11-8-13-2-4-14(15)5-3-13/h2-5,12H,6-11H2,1H3. The number of rotatable bonds is 3. The van der Waals surface area contributed by atoms with Gasteiger partial charge in [0.05, 0.1) is 0 Å². The fraction of sp³-hybridized carbons (Fsp3) is 0.571. The van der Waals surface area contributed by atoms with E-state index in [2.05, 4.69) is 58.7 Å². The summed E-state index contributed by atoms with van der Waals surface area (Å²) in [6.45, 7) is 6.20. The molecule has 1 aliphatic heterocycles. The Morgan fingerprint density at radius 3 is 2.44 bits per heavy atom. The zero-order chi connectivity index (χ0) is 11.4. The maximum Gasteiger partial charge on any atom is 0.0130 e. The molecule has 0 unspecified atom stereocenters. The van der Waals surface area contributed by atoms with Crippen LogP contribution in [0, 0.1) is 9.49 Å². The van der Waals surface area contributed by atoms with Crippen LogP contribution in [0.1, 0.15) is 25.3 Å². The van der Waals surface area contributed by atoms with Gasteiger partial charge in [-0.3, -0.25) is 0 Å². The third kappa shape index (κ3) is 3.74. The average molecular weight is 329 g/mol. The summed E-state index contributed by atoms with van der Waals surface area (Å²) < 4.78 is 1.33. The molecule has 0 radical (unpaired) electrons. The van der Waals surface area contributed by atoms with Crippen LogP contribution in [0.3, 0.4) is 0 Å². The summed E-state index contributed by atoms with van der Waals surface area (Å²) in [5, 5.41) is 0. The van der Waals surface area contributed by atoms with Crippen molar-refractivity contribution in [3.05, 3.63) is 33.4 Å². The Hall–Kier alpha value is -0.0900. The van der Waals surface area contributed by atoms with Gasteiger partial charge >= 0.3 is 0 Å². The number of likely N-dealkylation sites (tertiary alicyclic amines) is 1. The summed E-state index contributed by atoms with van der Waals surface area (Å²) >= 11 is 2.36. The summed E-state index contributed by atoms with van der Waals surface area (Å²) in [7, 11) is 0. The van der Waals surface area contributed by atoms with E-state index >= 15 is 0 Å². The van der Waals surface area contributed by atoms with Gasteiger partial charge in [-0.15, -0.1) is 0 Å². The van der Waals surface area contributed by atoms with Gasteiger partial charge in [0.25, 0.3) is 0 Å². The van der Waals surface area contributed by atoms with Crippen molar-refractivity contribution in [1.29, 1.82) is 0 Å². The molecule has 1 heterocycles. The van der Waals surface area contributed by atoms with Gasteiger partial charge in [-0.25, -0.2) is 0 Å². The first-order chi connectivity index (χ1) is 7.74. The average Bonchev–Trinajstić information content (AvgIpc) is 2.30. The van der Waals surface area contributed by atoms with Gasteiger partial charge in [-0.05, 0) is 78.6 Å². The van der Waals surface area contributed by atoms with Crippen molar-refractivity contribution >= 4 is 22.6 Å². The lowest BCUT2D eigenvalue weighted by Gasteiger charge is -2.30. The van der Waals surface area contributed by atoms with E-state index in [-0.39, 0.29) is 0 Å². The Bertz CT molecular complexity index is 312. The summed E-state index contributed by atoms with van der Waals surface area (Å²) in [6, 6.07) is 8.92. The molecule has 1 nitrogen and oxygen atoms in total. The molecule has 0 aromatic heterocycles. The van der Waals surface area contributed by atoms with E-state index in [1.807, 2.05) is 0 Å². The van der Waals surface area contributed by atoms with E-state index in [1.165, 1.54) is 48.0 Å². The topological polar surface area (TPSA) is 3.24 Å². The molecule has 1 aromatic carbocycles. The van der Waals surface area contributed by atoms with Gasteiger partial charge < -0.3 is 4.90 Å². The third-order valence-corrected chi connectivity index (χ3v) is 4.23. The number of benzene rings is 1. The molecule has 0 aliphatic carbocycles. The Labute approximate surface area is 112 Å². The predicted molar refractivity (Wildman–Crippen MR) is 77.7 cm³/mol. The summed E-state index contributed by atoms with van der Waals surface area (Å²) in [5.41, 5.74) is 1.47. The van der Waals surface area contributed by atoms with Gasteiger partial charge in [0.1, 0.15) is 0 Å². The fourth-order valence-corrected chi connectivity index (χ4v) is 2.58. The SMILES string of the molecule is CC1CCN(CCc2ccc(I)cc2)CC1. The highest BCUT2D eigenvalue weighted by molar-refractivity contribution is 14.1. The van der Waals surface area contributed by atoms with Crippen LogP contribution in [-0.2, 0) is 6.42 Å². The Morgan fingerprint density at radius 1 is 1.19 bits per heavy atom. The van der Waals surface area contributed by atoms with E-state index in [4.69, 9.17) is 0 Å². The molecule has 1 aromatic rings. The lowest BCUT2D eigenvalue weighted by molar-refractivity contribution is 0.194. The lowest BCUT2D eigenvalue weighted by Crippen LogP contribution is -2.34. The molecule has 0 amide bonds. The minimum absolute atomic E-state index is 0.939. The smallest absolute Gasteiger partial charge is 0.0130 e. The number of hydrogen-bond acceptors (Lipinski definition) is 1. The van der Waals surface area contributed by atoms with Crippen molar-refractivity contribution < 1.29 is 0 Å². The molecule has 0 saturated carbocycles. The molecular weight excluding hydrogens is 309 g/mol. The van der Waals surface area contributed by atoms with E-state index in [0.717, 1.165) is 5.92 Å². The Balaban J connectivity index is 1.77. The zero-order valence-corrected chi connectivity index (χ0v) is 12.1. The molecule has 0 N–H and O–H groups in total. The van der Waals surface area contributed by atoms with Crippen LogP contribution >= 0.6 is 22.6 Å². The minimum atomic E-state index is 0.939. The molecule has 16 heavy (non-hydrogen) atoms. The normalized spacial score (nSPS) is 18.9. The number of piperidine rings is 1. The Morgan fingerprint density at radius 2 is 1.81 bits per heavy atom. The van der Waals surface area contributed by atoms with Crippen molar-refractivity contribution in [2.24, 2.45) is 5.92 Å². The highest BCUT2D eigenvalue weighted by Gasteiger charge is 2.14. The van der Waals surface area contributed by atoms with Crippen molar-refractivity contribution in [1.82, 2.24) is 4.90 Å². The lowest BCUT2D eigenvalue weighted by atomic mass is 9.99. The van der Waals surface area contributed by atoms with E-state index < -0.39 is 0 Å². The van der Waals surface area contributed by atoms with Gasteiger partial charge in [0.15, 0.2) is 0 Å². The van der Waals surface area contributed by atoms with Crippen LogP contribution in [0.15, 0.2) is 24.3 Å². The highest BCUT2D eigenvalue weighted by atomic mass is 127. The van der Waals surface area contributed by atoms with Crippen LogP contribution in [0.2, 0.25) is 0 Å². The van der Waals surface area contributed by atoms with E-state index in [9.17, 15) is 0 Å². The number of nitrogens with zero attached hydrogens (tertiary/aromatic N) is 1. The fourth-order valence-electron chi connectivity index (χ4n) is 2.22. The van der Waals surface area contributed by atoms with E-state index in [1.54, 1.807) is 0 Å². The van der Waals surface area contributed by atoms with Crippen LogP contribution in [0.25, 0.3) is 0 Å². The number of halogens is 1. The molecule has 0 atom stereocenters. The van der Waals surface area contributed by atoms with Crippen LogP contribution < -0.4 is 0 Å². The minimum Gasteiger partial charge on any atom is -0.303 e. The predicted octanol–water partition coefficient (Wildman–Crippen LogP) is 3.57. The molecular formula is C14H20IN. The molecule has 88 valence electrons. The van der Waals surface area contributed by atoms with Crippen molar-refractivity contribution in [2.45, 2.75) is 26.2 Å². The van der Waals surface area contributed by atoms with Crippen LogP contribution in [0.5, 0.6) is 0 Å². The molecule has 1 fully saturated rings. The van der Waals surface area contributed by atoms with Crippen molar-refractivity contribution in [2.75, 3.05) is 19.6 Å².